The number of carbonyl (C=O) groups is 2. The van der Waals surface area contributed by atoms with Gasteiger partial charge < -0.3 is 10.1 Å². The predicted molar refractivity (Wildman–Crippen MR) is 102 cm³/mol. The number of hydrogen-bond donors (Lipinski definition) is 1. The normalized spacial score (nSPS) is 20.3. The highest BCUT2D eigenvalue weighted by atomic mass is 32.2. The Balaban J connectivity index is 1.82. The van der Waals surface area contributed by atoms with Crippen molar-refractivity contribution >= 4 is 21.9 Å². The molecule has 8 heteroatoms. The van der Waals surface area contributed by atoms with Crippen molar-refractivity contribution < 1.29 is 22.7 Å². The highest BCUT2D eigenvalue weighted by Crippen LogP contribution is 2.23. The summed E-state index contributed by atoms with van der Waals surface area (Å²) in [4.78, 5) is 24.0. The molecule has 2 atom stereocenters. The number of carbonyl (C=O) groups excluding carboxylic acids is 2. The van der Waals surface area contributed by atoms with E-state index in [0.717, 1.165) is 29.1 Å². The Morgan fingerprint density at radius 3 is 2.44 bits per heavy atom. The Bertz CT molecular complexity index is 761. The maximum Gasteiger partial charge on any atom is 0.321 e. The van der Waals surface area contributed by atoms with Crippen molar-refractivity contribution in [2.75, 3.05) is 20.2 Å². The van der Waals surface area contributed by atoms with Crippen LogP contribution in [0.15, 0.2) is 29.2 Å². The number of esters is 1. The van der Waals surface area contributed by atoms with Gasteiger partial charge in [-0.25, -0.2) is 8.42 Å². The minimum atomic E-state index is -3.79. The minimum absolute atomic E-state index is 0.104. The lowest BCUT2D eigenvalue weighted by Gasteiger charge is -2.29. The third kappa shape index (κ3) is 6.04. The molecule has 0 radical (unpaired) electrons. The average molecular weight is 397 g/mol. The van der Waals surface area contributed by atoms with E-state index in [9.17, 15) is 18.0 Å². The lowest BCUT2D eigenvalue weighted by molar-refractivity contribution is -0.148. The first-order valence-corrected chi connectivity index (χ1v) is 10.6. The summed E-state index contributed by atoms with van der Waals surface area (Å²) in [5.41, 5.74) is 0.939. The molecule has 0 heterocycles. The Morgan fingerprint density at radius 2 is 1.81 bits per heavy atom. The van der Waals surface area contributed by atoms with E-state index in [1.165, 1.54) is 25.6 Å². The molecule has 1 saturated carbocycles. The summed E-state index contributed by atoms with van der Waals surface area (Å²) >= 11 is 0. The summed E-state index contributed by atoms with van der Waals surface area (Å²) in [6, 6.07) is 6.47. The molecule has 2 rings (SSSR count). The van der Waals surface area contributed by atoms with E-state index in [1.54, 1.807) is 12.1 Å². The number of benzene rings is 1. The van der Waals surface area contributed by atoms with E-state index in [4.69, 9.17) is 4.74 Å². The second-order valence-corrected chi connectivity index (χ2v) is 9.22. The molecule has 0 saturated heterocycles. The third-order valence-corrected chi connectivity index (χ3v) is 6.72. The summed E-state index contributed by atoms with van der Waals surface area (Å²) in [6.45, 7) is 3.10. The van der Waals surface area contributed by atoms with Crippen molar-refractivity contribution in [3.8, 4) is 0 Å². The monoisotopic (exact) mass is 396 g/mol. The number of sulfonamides is 1. The number of likely N-dealkylation sites (N-methyl/N-ethyl adjacent to an activating group) is 1. The number of hydrogen-bond acceptors (Lipinski definition) is 5. The van der Waals surface area contributed by atoms with Crippen LogP contribution in [-0.4, -0.2) is 50.8 Å². The van der Waals surface area contributed by atoms with Crippen LogP contribution < -0.4 is 5.32 Å². The maximum absolute atomic E-state index is 12.5. The number of ether oxygens (including phenoxy) is 1. The van der Waals surface area contributed by atoms with Crippen LogP contribution in [0.5, 0.6) is 0 Å². The molecular weight excluding hydrogens is 368 g/mol. The maximum atomic E-state index is 12.5. The van der Waals surface area contributed by atoms with Gasteiger partial charge in [0.2, 0.25) is 10.0 Å². The molecule has 0 unspecified atom stereocenters. The Kier molecular flexibility index (Phi) is 7.38. The topological polar surface area (TPSA) is 92.8 Å². The lowest BCUT2D eigenvalue weighted by Crippen LogP contribution is -2.43. The van der Waals surface area contributed by atoms with Crippen LogP contribution in [0.3, 0.4) is 0 Å². The van der Waals surface area contributed by atoms with Gasteiger partial charge in [-0.05, 0) is 37.8 Å². The van der Waals surface area contributed by atoms with E-state index in [2.05, 4.69) is 12.2 Å². The summed E-state index contributed by atoms with van der Waals surface area (Å²) in [5.74, 6) is -0.713. The zero-order chi connectivity index (χ0) is 20.0. The molecule has 150 valence electrons. The second kappa shape index (κ2) is 9.32. The zero-order valence-electron chi connectivity index (χ0n) is 16.1. The second-order valence-electron chi connectivity index (χ2n) is 7.17. The SMILES string of the molecule is Cc1ccc(S(=O)(=O)N(C)CC(=O)OCC(=O)N[C@H]2CCCC[C@@H]2C)cc1. The van der Waals surface area contributed by atoms with Crippen molar-refractivity contribution in [3.63, 3.8) is 0 Å². The minimum Gasteiger partial charge on any atom is -0.455 e. The van der Waals surface area contributed by atoms with Gasteiger partial charge in [0.25, 0.3) is 5.91 Å². The quantitative estimate of drug-likeness (QED) is 0.710. The number of nitrogens with one attached hydrogen (secondary N) is 1. The molecule has 1 aliphatic rings. The first-order chi connectivity index (χ1) is 12.7. The molecule has 1 aliphatic carbocycles. The Labute approximate surface area is 161 Å². The smallest absolute Gasteiger partial charge is 0.321 e. The van der Waals surface area contributed by atoms with Gasteiger partial charge >= 0.3 is 5.97 Å². The third-order valence-electron chi connectivity index (χ3n) is 4.90. The van der Waals surface area contributed by atoms with E-state index >= 15 is 0 Å². The molecule has 7 nitrogen and oxygen atoms in total. The molecule has 1 amide bonds. The largest absolute Gasteiger partial charge is 0.455 e. The van der Waals surface area contributed by atoms with Crippen molar-refractivity contribution in [3.05, 3.63) is 29.8 Å². The van der Waals surface area contributed by atoms with Gasteiger partial charge in [0.15, 0.2) is 6.61 Å². The van der Waals surface area contributed by atoms with Crippen LogP contribution in [0, 0.1) is 12.8 Å². The van der Waals surface area contributed by atoms with E-state index in [1.807, 2.05) is 6.92 Å². The number of aryl methyl sites for hydroxylation is 1. The first-order valence-electron chi connectivity index (χ1n) is 9.18. The van der Waals surface area contributed by atoms with Crippen LogP contribution >= 0.6 is 0 Å². The number of rotatable bonds is 7. The summed E-state index contributed by atoms with van der Waals surface area (Å²) in [5, 5.41) is 2.89. The summed E-state index contributed by atoms with van der Waals surface area (Å²) in [7, 11) is -2.48. The van der Waals surface area contributed by atoms with Gasteiger partial charge in [-0.1, -0.05) is 37.5 Å². The van der Waals surface area contributed by atoms with Crippen LogP contribution in [0.4, 0.5) is 0 Å². The molecule has 0 spiro atoms. The van der Waals surface area contributed by atoms with Gasteiger partial charge in [-0.2, -0.15) is 4.31 Å². The molecule has 0 bridgehead atoms. The van der Waals surface area contributed by atoms with E-state index < -0.39 is 29.1 Å². The Hall–Kier alpha value is -1.93. The van der Waals surface area contributed by atoms with Crippen LogP contribution in [0.1, 0.15) is 38.2 Å². The van der Waals surface area contributed by atoms with Crippen LogP contribution in [-0.2, 0) is 24.3 Å². The fraction of sp³-hybridized carbons (Fsp3) is 0.579. The zero-order valence-corrected chi connectivity index (χ0v) is 16.9. The Morgan fingerprint density at radius 1 is 1.19 bits per heavy atom. The summed E-state index contributed by atoms with van der Waals surface area (Å²) in [6.07, 6.45) is 4.26. The molecule has 1 aromatic rings. The molecule has 0 aliphatic heterocycles. The fourth-order valence-corrected chi connectivity index (χ4v) is 4.24. The first kappa shape index (κ1) is 21.4. The van der Waals surface area contributed by atoms with Crippen molar-refractivity contribution in [1.29, 1.82) is 0 Å². The fourth-order valence-electron chi connectivity index (χ4n) is 3.13. The number of nitrogens with zero attached hydrogens (tertiary/aromatic N) is 1. The van der Waals surface area contributed by atoms with Gasteiger partial charge in [-0.3, -0.25) is 9.59 Å². The molecule has 1 N–H and O–H groups in total. The van der Waals surface area contributed by atoms with Gasteiger partial charge in [0.1, 0.15) is 6.54 Å². The van der Waals surface area contributed by atoms with Gasteiger partial charge in [0.05, 0.1) is 4.90 Å². The van der Waals surface area contributed by atoms with E-state index in [-0.39, 0.29) is 16.8 Å². The van der Waals surface area contributed by atoms with Crippen LogP contribution in [0.25, 0.3) is 0 Å². The van der Waals surface area contributed by atoms with Crippen molar-refractivity contribution in [2.24, 2.45) is 5.92 Å². The van der Waals surface area contributed by atoms with Crippen molar-refractivity contribution in [1.82, 2.24) is 9.62 Å². The molecule has 1 fully saturated rings. The summed E-state index contributed by atoms with van der Waals surface area (Å²) < 4.78 is 30.8. The average Bonchev–Trinajstić information content (AvgIpc) is 2.62. The molecular formula is C19H28N2O5S. The van der Waals surface area contributed by atoms with Crippen molar-refractivity contribution in [2.45, 2.75) is 50.5 Å². The molecule has 1 aromatic carbocycles. The standard InChI is InChI=1S/C19H28N2O5S/c1-14-8-10-16(11-9-14)27(24,25)21(3)12-19(23)26-13-18(22)20-17-7-5-4-6-15(17)2/h8-11,15,17H,4-7,12-13H2,1-3H3,(H,20,22)/t15-,17-/m0/s1. The van der Waals surface area contributed by atoms with Crippen LogP contribution in [0.2, 0.25) is 0 Å². The number of amides is 1. The van der Waals surface area contributed by atoms with Gasteiger partial charge in [0, 0.05) is 13.1 Å². The highest BCUT2D eigenvalue weighted by molar-refractivity contribution is 7.89. The van der Waals surface area contributed by atoms with Gasteiger partial charge in [-0.15, -0.1) is 0 Å². The molecule has 0 aromatic heterocycles. The highest BCUT2D eigenvalue weighted by Gasteiger charge is 2.25. The van der Waals surface area contributed by atoms with E-state index in [0.29, 0.717) is 5.92 Å². The lowest BCUT2D eigenvalue weighted by atomic mass is 9.86. The molecule has 27 heavy (non-hydrogen) atoms. The predicted octanol–water partition coefficient (Wildman–Crippen LogP) is 1.85.